The van der Waals surface area contributed by atoms with Crippen LogP contribution in [0.3, 0.4) is 0 Å². The molecule has 0 aromatic rings. The molecular formula is C16H28O6P2. The van der Waals surface area contributed by atoms with E-state index in [4.69, 9.17) is 14.5 Å². The van der Waals surface area contributed by atoms with Crippen molar-refractivity contribution >= 4 is 15.0 Å². The minimum atomic E-state index is -4.52. The van der Waals surface area contributed by atoms with Gasteiger partial charge in [0.25, 0.3) is 0 Å². The molecule has 0 amide bonds. The van der Waals surface area contributed by atoms with E-state index < -0.39 is 27.2 Å². The maximum absolute atomic E-state index is 11.4. The Balaban J connectivity index is 3.91. The van der Waals surface area contributed by atoms with Crippen LogP contribution < -0.4 is 0 Å². The summed E-state index contributed by atoms with van der Waals surface area (Å²) < 4.78 is 27.0. The summed E-state index contributed by atoms with van der Waals surface area (Å²) in [5, 5.41) is 0. The van der Waals surface area contributed by atoms with Gasteiger partial charge in [0.2, 0.25) is 7.37 Å². The Bertz CT molecular complexity index is 587. The van der Waals surface area contributed by atoms with Crippen molar-refractivity contribution in [2.75, 3.05) is 18.9 Å². The van der Waals surface area contributed by atoms with Gasteiger partial charge in [-0.2, -0.15) is 0 Å². The monoisotopic (exact) mass is 378 g/mol. The van der Waals surface area contributed by atoms with Crippen molar-refractivity contribution in [2.45, 2.75) is 46.5 Å². The van der Waals surface area contributed by atoms with E-state index in [0.717, 1.165) is 19.3 Å². The molecule has 0 aliphatic rings. The van der Waals surface area contributed by atoms with Crippen LogP contribution in [0.15, 0.2) is 23.3 Å². The minimum Gasteiger partial charge on any atom is -0.359 e. The summed E-state index contributed by atoms with van der Waals surface area (Å²) in [5.41, 5.74) is 2.64. The predicted octanol–water partition coefficient (Wildman–Crippen LogP) is 3.84. The van der Waals surface area contributed by atoms with Gasteiger partial charge in [-0.1, -0.05) is 29.2 Å². The fraction of sp³-hybridized carbons (Fsp3) is 0.625. The second kappa shape index (κ2) is 11.8. The molecule has 1 atom stereocenters. The third-order valence-corrected chi connectivity index (χ3v) is 6.68. The third-order valence-electron chi connectivity index (χ3n) is 2.85. The molecule has 8 heteroatoms. The SMILES string of the molecule is CC(C)=CCC/C(C)=C/CCC#CCOCP(=O)(O)CP(=O)(O)O. The number of hydrogen-bond donors (Lipinski definition) is 3. The fourth-order valence-corrected chi connectivity index (χ4v) is 4.79. The number of rotatable bonds is 10. The number of unbranched alkanes of at least 4 members (excludes halogenated alkanes) is 1. The highest BCUT2D eigenvalue weighted by Gasteiger charge is 2.29. The van der Waals surface area contributed by atoms with Crippen LogP contribution in [0.1, 0.15) is 46.5 Å². The molecule has 0 heterocycles. The van der Waals surface area contributed by atoms with Gasteiger partial charge in [-0.15, -0.1) is 5.92 Å². The smallest absolute Gasteiger partial charge is 0.335 e. The van der Waals surface area contributed by atoms with Crippen molar-refractivity contribution < 1.29 is 28.5 Å². The van der Waals surface area contributed by atoms with Crippen molar-refractivity contribution in [3.05, 3.63) is 23.3 Å². The van der Waals surface area contributed by atoms with Crippen molar-refractivity contribution in [1.82, 2.24) is 0 Å². The summed E-state index contributed by atoms with van der Waals surface area (Å²) in [6.45, 7) is 6.22. The summed E-state index contributed by atoms with van der Waals surface area (Å²) in [6, 6.07) is 0. The van der Waals surface area contributed by atoms with Gasteiger partial charge >= 0.3 is 7.60 Å². The van der Waals surface area contributed by atoms with E-state index >= 15 is 0 Å². The number of hydrogen-bond acceptors (Lipinski definition) is 3. The van der Waals surface area contributed by atoms with Crippen LogP contribution in [-0.4, -0.2) is 33.5 Å². The normalized spacial score (nSPS) is 14.5. The molecule has 3 N–H and O–H groups in total. The first-order chi connectivity index (χ1) is 11.0. The first kappa shape index (κ1) is 23.3. The summed E-state index contributed by atoms with van der Waals surface area (Å²) >= 11 is 0. The van der Waals surface area contributed by atoms with Gasteiger partial charge < -0.3 is 19.4 Å². The molecule has 24 heavy (non-hydrogen) atoms. The van der Waals surface area contributed by atoms with Crippen LogP contribution in [0.2, 0.25) is 0 Å². The molecule has 0 aromatic heterocycles. The molecule has 0 spiro atoms. The van der Waals surface area contributed by atoms with Crippen molar-refractivity contribution in [3.8, 4) is 11.8 Å². The lowest BCUT2D eigenvalue weighted by Crippen LogP contribution is -2.00. The summed E-state index contributed by atoms with van der Waals surface area (Å²) in [7, 11) is -8.49. The largest absolute Gasteiger partial charge is 0.359 e. The maximum atomic E-state index is 11.4. The highest BCUT2D eigenvalue weighted by molar-refractivity contribution is 7.72. The molecule has 0 saturated carbocycles. The lowest BCUT2D eigenvalue weighted by Gasteiger charge is -2.11. The summed E-state index contributed by atoms with van der Waals surface area (Å²) in [4.78, 5) is 26.7. The number of allylic oxidation sites excluding steroid dienone is 4. The Morgan fingerprint density at radius 2 is 1.71 bits per heavy atom. The van der Waals surface area contributed by atoms with E-state index in [-0.39, 0.29) is 6.61 Å². The van der Waals surface area contributed by atoms with E-state index in [0.29, 0.717) is 6.42 Å². The van der Waals surface area contributed by atoms with Gasteiger partial charge in [0.15, 0.2) is 0 Å². The standard InChI is InChI=1S/C16H28O6P2/c1-15(2)9-8-11-16(3)10-6-4-5-7-12-22-13-23(17,18)14-24(19,20)21/h9-10H,4,6,8,11-14H2,1-3H3,(H,17,18)(H2,19,20,21)/b16-10+. The van der Waals surface area contributed by atoms with E-state index in [1.807, 2.05) is 0 Å². The second-order valence-electron chi connectivity index (χ2n) is 5.89. The van der Waals surface area contributed by atoms with E-state index in [1.165, 1.54) is 11.1 Å². The zero-order valence-electron chi connectivity index (χ0n) is 14.6. The molecule has 0 aromatic carbocycles. The molecule has 6 nitrogen and oxygen atoms in total. The van der Waals surface area contributed by atoms with E-state index in [1.54, 1.807) is 0 Å². The van der Waals surface area contributed by atoms with Crippen LogP contribution in [0.4, 0.5) is 0 Å². The first-order valence-corrected chi connectivity index (χ1v) is 11.5. The average molecular weight is 378 g/mol. The molecule has 138 valence electrons. The molecule has 0 saturated heterocycles. The van der Waals surface area contributed by atoms with Crippen LogP contribution >= 0.6 is 15.0 Å². The Morgan fingerprint density at radius 1 is 1.04 bits per heavy atom. The topological polar surface area (TPSA) is 104 Å². The Kier molecular flexibility index (Phi) is 11.5. The second-order valence-corrected chi connectivity index (χ2v) is 10.3. The quantitative estimate of drug-likeness (QED) is 0.231. The third kappa shape index (κ3) is 16.2. The van der Waals surface area contributed by atoms with E-state index in [2.05, 4.69) is 44.8 Å². The minimum absolute atomic E-state index is 0.0328. The van der Waals surface area contributed by atoms with Gasteiger partial charge in [0.1, 0.15) is 18.9 Å². The van der Waals surface area contributed by atoms with Crippen LogP contribution in [0, 0.1) is 11.8 Å². The Labute approximate surface area is 144 Å². The number of ether oxygens (including phenoxy) is 1. The lowest BCUT2D eigenvalue weighted by atomic mass is 10.1. The first-order valence-electron chi connectivity index (χ1n) is 7.70. The zero-order valence-corrected chi connectivity index (χ0v) is 16.4. The summed E-state index contributed by atoms with van der Waals surface area (Å²) in [5.74, 6) is 4.54. The maximum Gasteiger partial charge on any atom is 0.335 e. The predicted molar refractivity (Wildman–Crippen MR) is 97.0 cm³/mol. The van der Waals surface area contributed by atoms with Crippen molar-refractivity contribution in [1.29, 1.82) is 0 Å². The molecule has 0 aliphatic heterocycles. The zero-order chi connectivity index (χ0) is 18.6. The van der Waals surface area contributed by atoms with Gasteiger partial charge in [-0.05, 0) is 40.0 Å². The van der Waals surface area contributed by atoms with Gasteiger partial charge in [-0.25, -0.2) is 0 Å². The van der Waals surface area contributed by atoms with Crippen molar-refractivity contribution in [2.24, 2.45) is 0 Å². The Morgan fingerprint density at radius 3 is 2.29 bits per heavy atom. The molecule has 0 rings (SSSR count). The van der Waals surface area contributed by atoms with Gasteiger partial charge in [0.05, 0.1) is 0 Å². The molecule has 0 fully saturated rings. The van der Waals surface area contributed by atoms with Gasteiger partial charge in [0, 0.05) is 6.42 Å². The van der Waals surface area contributed by atoms with Crippen molar-refractivity contribution in [3.63, 3.8) is 0 Å². The Hall–Kier alpha value is -0.660. The molecule has 0 aliphatic carbocycles. The van der Waals surface area contributed by atoms with Crippen LogP contribution in [0.25, 0.3) is 0 Å². The molecule has 1 unspecified atom stereocenters. The van der Waals surface area contributed by atoms with E-state index in [9.17, 15) is 14.0 Å². The van der Waals surface area contributed by atoms with Crippen LogP contribution in [-0.2, 0) is 13.9 Å². The molecule has 0 bridgehead atoms. The van der Waals surface area contributed by atoms with Gasteiger partial charge in [-0.3, -0.25) is 9.13 Å². The van der Waals surface area contributed by atoms with Crippen LogP contribution in [0.5, 0.6) is 0 Å². The highest BCUT2D eigenvalue weighted by atomic mass is 31.2. The molecule has 0 radical (unpaired) electrons. The fourth-order valence-electron chi connectivity index (χ4n) is 1.79. The summed E-state index contributed by atoms with van der Waals surface area (Å²) in [6.07, 6.45) is 7.34. The average Bonchev–Trinajstić information content (AvgIpc) is 2.38. The highest BCUT2D eigenvalue weighted by Crippen LogP contribution is 2.54. The lowest BCUT2D eigenvalue weighted by molar-refractivity contribution is 0.204. The molecular weight excluding hydrogens is 350 g/mol.